The summed E-state index contributed by atoms with van der Waals surface area (Å²) in [5.41, 5.74) is 1.86. The lowest BCUT2D eigenvalue weighted by atomic mass is 10.0. The maximum Gasteiger partial charge on any atom is 0.335 e. The van der Waals surface area contributed by atoms with Crippen LogP contribution in [0.15, 0.2) is 65.2 Å². The number of thiocarbonyl (C=S) groups is 1. The van der Waals surface area contributed by atoms with Crippen LogP contribution in [0, 0.1) is 0 Å². The molecule has 2 aromatic heterocycles. The van der Waals surface area contributed by atoms with Crippen molar-refractivity contribution in [2.45, 2.75) is 18.5 Å². The molecule has 1 saturated heterocycles. The van der Waals surface area contributed by atoms with Gasteiger partial charge < -0.3 is 24.8 Å². The number of pyridine rings is 1. The molecule has 0 radical (unpaired) electrons. The SMILES string of the molecule is O=C(O)c1ccc(-c2ccc([C@H]3[C@H](c4ccccn4)NC(=S)N3CCCO)o2)cc1. The molecule has 1 aliphatic heterocycles. The van der Waals surface area contributed by atoms with Crippen LogP contribution >= 0.6 is 12.2 Å². The molecular formula is C22H21N3O4S. The van der Waals surface area contributed by atoms with E-state index in [-0.39, 0.29) is 24.3 Å². The van der Waals surface area contributed by atoms with Crippen LogP contribution in [0.1, 0.15) is 40.3 Å². The largest absolute Gasteiger partial charge is 0.478 e. The highest BCUT2D eigenvalue weighted by Crippen LogP contribution is 2.40. The number of nitrogens with zero attached hydrogens (tertiary/aromatic N) is 2. The zero-order chi connectivity index (χ0) is 21.1. The summed E-state index contributed by atoms with van der Waals surface area (Å²) in [6, 6.07) is 15.7. The number of furan rings is 1. The number of carboxylic acids is 1. The molecule has 1 aliphatic rings. The number of rotatable bonds is 7. The molecular weight excluding hydrogens is 402 g/mol. The summed E-state index contributed by atoms with van der Waals surface area (Å²) < 4.78 is 6.19. The molecule has 8 heteroatoms. The first kappa shape index (κ1) is 20.1. The van der Waals surface area contributed by atoms with Gasteiger partial charge in [-0.2, -0.15) is 0 Å². The lowest BCUT2D eigenvalue weighted by Crippen LogP contribution is -2.30. The van der Waals surface area contributed by atoms with E-state index in [1.54, 1.807) is 30.5 Å². The van der Waals surface area contributed by atoms with E-state index in [9.17, 15) is 9.90 Å². The quantitative estimate of drug-likeness (QED) is 0.498. The molecule has 4 rings (SSSR count). The van der Waals surface area contributed by atoms with E-state index < -0.39 is 5.97 Å². The Morgan fingerprint density at radius 2 is 1.97 bits per heavy atom. The Balaban J connectivity index is 1.67. The number of benzene rings is 1. The minimum atomic E-state index is -0.968. The molecule has 3 N–H and O–H groups in total. The van der Waals surface area contributed by atoms with Gasteiger partial charge in [0, 0.05) is 24.9 Å². The smallest absolute Gasteiger partial charge is 0.335 e. The topological polar surface area (TPSA) is 98.8 Å². The highest BCUT2D eigenvalue weighted by Gasteiger charge is 2.41. The summed E-state index contributed by atoms with van der Waals surface area (Å²) in [7, 11) is 0. The van der Waals surface area contributed by atoms with Crippen LogP contribution in [0.25, 0.3) is 11.3 Å². The molecule has 7 nitrogen and oxygen atoms in total. The van der Waals surface area contributed by atoms with E-state index in [2.05, 4.69) is 10.3 Å². The number of aromatic nitrogens is 1. The van der Waals surface area contributed by atoms with Crippen molar-refractivity contribution in [3.8, 4) is 11.3 Å². The normalized spacial score (nSPS) is 18.4. The lowest BCUT2D eigenvalue weighted by molar-refractivity contribution is 0.0697. The van der Waals surface area contributed by atoms with Crippen molar-refractivity contribution in [2.24, 2.45) is 0 Å². The fraction of sp³-hybridized carbons (Fsp3) is 0.227. The highest BCUT2D eigenvalue weighted by molar-refractivity contribution is 7.80. The summed E-state index contributed by atoms with van der Waals surface area (Å²) in [6.07, 6.45) is 2.32. The van der Waals surface area contributed by atoms with Crippen molar-refractivity contribution in [1.82, 2.24) is 15.2 Å². The standard InChI is InChI=1S/C22H21N3O4S/c26-13-3-12-25-20(19(24-22(25)30)16-4-1-2-11-23-16)18-10-9-17(29-18)14-5-7-15(8-6-14)21(27)28/h1-2,4-11,19-20,26H,3,12-13H2,(H,24,30)(H,27,28)/t19-,20-/m0/s1. The number of hydrogen-bond acceptors (Lipinski definition) is 5. The Bertz CT molecular complexity index is 1040. The maximum atomic E-state index is 11.1. The zero-order valence-corrected chi connectivity index (χ0v) is 16.9. The molecule has 0 spiro atoms. The van der Waals surface area contributed by atoms with E-state index in [1.165, 1.54) is 0 Å². The van der Waals surface area contributed by atoms with E-state index in [4.69, 9.17) is 21.7 Å². The van der Waals surface area contributed by atoms with Crippen LogP contribution in [0.4, 0.5) is 0 Å². The van der Waals surface area contributed by atoms with Crippen LogP contribution in [0.5, 0.6) is 0 Å². The molecule has 154 valence electrons. The van der Waals surface area contributed by atoms with Gasteiger partial charge in [0.1, 0.15) is 17.6 Å². The van der Waals surface area contributed by atoms with E-state index >= 15 is 0 Å². The lowest BCUT2D eigenvalue weighted by Gasteiger charge is -2.25. The van der Waals surface area contributed by atoms with E-state index in [0.29, 0.717) is 29.6 Å². The van der Waals surface area contributed by atoms with E-state index in [1.807, 2.05) is 35.2 Å². The Morgan fingerprint density at radius 1 is 1.17 bits per heavy atom. The number of aliphatic hydroxyl groups excluding tert-OH is 1. The first-order valence-electron chi connectivity index (χ1n) is 9.61. The van der Waals surface area contributed by atoms with Crippen LogP contribution in [-0.2, 0) is 0 Å². The average Bonchev–Trinajstić information content (AvgIpc) is 3.37. The summed E-state index contributed by atoms with van der Waals surface area (Å²) in [5, 5.41) is 22.3. The van der Waals surface area contributed by atoms with Crippen LogP contribution < -0.4 is 5.32 Å². The predicted molar refractivity (Wildman–Crippen MR) is 115 cm³/mol. The number of hydrogen-bond donors (Lipinski definition) is 3. The molecule has 3 aromatic rings. The molecule has 0 aliphatic carbocycles. The van der Waals surface area contributed by atoms with Gasteiger partial charge >= 0.3 is 5.97 Å². The average molecular weight is 423 g/mol. The second-order valence-corrected chi connectivity index (χ2v) is 7.37. The Kier molecular flexibility index (Phi) is 5.78. The minimum absolute atomic E-state index is 0.0689. The zero-order valence-electron chi connectivity index (χ0n) is 16.1. The maximum absolute atomic E-state index is 11.1. The number of aliphatic hydroxyl groups is 1. The van der Waals surface area contributed by atoms with Crippen LogP contribution in [-0.4, -0.2) is 44.3 Å². The fourth-order valence-electron chi connectivity index (χ4n) is 3.64. The van der Waals surface area contributed by atoms with Gasteiger partial charge in [-0.25, -0.2) is 4.79 Å². The van der Waals surface area contributed by atoms with Crippen molar-refractivity contribution in [3.63, 3.8) is 0 Å². The number of carbonyl (C=O) groups is 1. The van der Waals surface area contributed by atoms with Gasteiger partial charge in [-0.1, -0.05) is 18.2 Å². The summed E-state index contributed by atoms with van der Waals surface area (Å²) in [6.45, 7) is 0.652. The molecule has 2 atom stereocenters. The van der Waals surface area contributed by atoms with Gasteiger partial charge in [-0.05, 0) is 55.0 Å². The van der Waals surface area contributed by atoms with Crippen molar-refractivity contribution >= 4 is 23.3 Å². The summed E-state index contributed by atoms with van der Waals surface area (Å²) >= 11 is 5.56. The fourth-order valence-corrected chi connectivity index (χ4v) is 3.97. The first-order valence-corrected chi connectivity index (χ1v) is 10.0. The van der Waals surface area contributed by atoms with Crippen molar-refractivity contribution in [1.29, 1.82) is 0 Å². The molecule has 0 bridgehead atoms. The summed E-state index contributed by atoms with van der Waals surface area (Å²) in [5.74, 6) is 0.389. The number of carboxylic acid groups (broad SMARTS) is 1. The third-order valence-corrected chi connectivity index (χ3v) is 5.44. The molecule has 1 aromatic carbocycles. The minimum Gasteiger partial charge on any atom is -0.478 e. The summed E-state index contributed by atoms with van der Waals surface area (Å²) in [4.78, 5) is 17.6. The van der Waals surface area contributed by atoms with E-state index in [0.717, 1.165) is 11.3 Å². The van der Waals surface area contributed by atoms with Gasteiger partial charge in [0.25, 0.3) is 0 Å². The van der Waals surface area contributed by atoms with Gasteiger partial charge in [0.2, 0.25) is 0 Å². The highest BCUT2D eigenvalue weighted by atomic mass is 32.1. The Morgan fingerprint density at radius 3 is 2.63 bits per heavy atom. The molecule has 1 fully saturated rings. The first-order chi connectivity index (χ1) is 14.6. The van der Waals surface area contributed by atoms with Crippen molar-refractivity contribution in [3.05, 3.63) is 77.8 Å². The Hall–Kier alpha value is -3.23. The third-order valence-electron chi connectivity index (χ3n) is 5.09. The van der Waals surface area contributed by atoms with Crippen molar-refractivity contribution in [2.75, 3.05) is 13.2 Å². The molecule has 3 heterocycles. The van der Waals surface area contributed by atoms with Crippen LogP contribution in [0.2, 0.25) is 0 Å². The predicted octanol–water partition coefficient (Wildman–Crippen LogP) is 3.39. The van der Waals surface area contributed by atoms with Crippen LogP contribution in [0.3, 0.4) is 0 Å². The second kappa shape index (κ2) is 8.64. The molecule has 0 amide bonds. The third kappa shape index (κ3) is 3.92. The Labute approximate surface area is 179 Å². The number of aromatic carboxylic acids is 1. The molecule has 30 heavy (non-hydrogen) atoms. The molecule has 0 unspecified atom stereocenters. The monoisotopic (exact) mass is 423 g/mol. The van der Waals surface area contributed by atoms with Gasteiger partial charge in [-0.15, -0.1) is 0 Å². The number of nitrogens with one attached hydrogen (secondary N) is 1. The molecule has 0 saturated carbocycles. The van der Waals surface area contributed by atoms with Gasteiger partial charge in [-0.3, -0.25) is 4.98 Å². The van der Waals surface area contributed by atoms with Crippen molar-refractivity contribution < 1.29 is 19.4 Å². The van der Waals surface area contributed by atoms with Gasteiger partial charge in [0.05, 0.1) is 17.3 Å². The second-order valence-electron chi connectivity index (χ2n) is 6.98. The van der Waals surface area contributed by atoms with Gasteiger partial charge in [0.15, 0.2) is 5.11 Å².